The molecule has 0 atom stereocenters. The normalized spacial score (nSPS) is 22.4. The van der Waals surface area contributed by atoms with Crippen LogP contribution in [0.2, 0.25) is 0 Å². The van der Waals surface area contributed by atoms with E-state index in [1.807, 2.05) is 0 Å². The Morgan fingerprint density at radius 3 is 2.81 bits per heavy atom. The molecule has 5 heteroatoms. The van der Waals surface area contributed by atoms with Gasteiger partial charge < -0.3 is 4.90 Å². The number of amides is 2. The zero-order chi connectivity index (χ0) is 11.4. The predicted molar refractivity (Wildman–Crippen MR) is 57.3 cm³/mol. The zero-order valence-electron chi connectivity index (χ0n) is 9.48. The average molecular weight is 226 g/mol. The third-order valence-electron chi connectivity index (χ3n) is 3.03. The Labute approximate surface area is 95.3 Å². The number of nitrogens with zero attached hydrogens (tertiary/aromatic N) is 2. The van der Waals surface area contributed by atoms with Crippen molar-refractivity contribution in [3.8, 4) is 0 Å². The van der Waals surface area contributed by atoms with E-state index in [0.29, 0.717) is 26.1 Å². The molecule has 0 aliphatic carbocycles. The minimum absolute atomic E-state index is 0.0900. The monoisotopic (exact) mass is 226 g/mol. The summed E-state index contributed by atoms with van der Waals surface area (Å²) in [5.41, 5.74) is 0. The van der Waals surface area contributed by atoms with E-state index in [9.17, 15) is 9.59 Å². The van der Waals surface area contributed by atoms with Gasteiger partial charge in [0.1, 0.15) is 6.54 Å². The zero-order valence-corrected chi connectivity index (χ0v) is 9.48. The molecule has 90 valence electrons. The largest absolute Gasteiger partial charge is 0.333 e. The maximum Gasteiger partial charge on any atom is 0.265 e. The van der Waals surface area contributed by atoms with Gasteiger partial charge in [0.05, 0.1) is 13.2 Å². The summed E-state index contributed by atoms with van der Waals surface area (Å²) in [4.78, 5) is 30.3. The lowest BCUT2D eigenvalue weighted by Gasteiger charge is -2.22. The first kappa shape index (κ1) is 11.4. The molecule has 0 spiro atoms. The molecule has 16 heavy (non-hydrogen) atoms. The Morgan fingerprint density at radius 1 is 1.19 bits per heavy atom. The van der Waals surface area contributed by atoms with Crippen molar-refractivity contribution in [3.63, 3.8) is 0 Å². The smallest absolute Gasteiger partial charge is 0.265 e. The summed E-state index contributed by atoms with van der Waals surface area (Å²) < 4.78 is 0. The summed E-state index contributed by atoms with van der Waals surface area (Å²) >= 11 is 0. The summed E-state index contributed by atoms with van der Waals surface area (Å²) in [7, 11) is 0. The topological polar surface area (TPSA) is 49.9 Å². The quantitative estimate of drug-likeness (QED) is 0.691. The summed E-state index contributed by atoms with van der Waals surface area (Å²) in [6, 6.07) is 0. The molecule has 0 aromatic rings. The van der Waals surface area contributed by atoms with Gasteiger partial charge in [-0.2, -0.15) is 0 Å². The van der Waals surface area contributed by atoms with E-state index in [0.717, 1.165) is 25.7 Å². The van der Waals surface area contributed by atoms with Crippen LogP contribution in [0.4, 0.5) is 0 Å². The molecule has 2 fully saturated rings. The Morgan fingerprint density at radius 2 is 2.06 bits per heavy atom. The number of hydroxylamine groups is 2. The second-order valence-corrected chi connectivity index (χ2v) is 4.31. The highest BCUT2D eigenvalue weighted by Crippen LogP contribution is 2.12. The van der Waals surface area contributed by atoms with Gasteiger partial charge in [0.15, 0.2) is 0 Å². The van der Waals surface area contributed by atoms with Crippen molar-refractivity contribution < 1.29 is 14.4 Å². The van der Waals surface area contributed by atoms with Crippen molar-refractivity contribution in [1.82, 2.24) is 9.96 Å². The molecule has 2 heterocycles. The van der Waals surface area contributed by atoms with Crippen molar-refractivity contribution >= 4 is 11.8 Å². The van der Waals surface area contributed by atoms with Crippen LogP contribution in [-0.4, -0.2) is 48.0 Å². The first-order valence-electron chi connectivity index (χ1n) is 5.98. The second-order valence-electron chi connectivity index (χ2n) is 4.31. The Bertz CT molecular complexity index is 274. The molecule has 0 aromatic heterocycles. The van der Waals surface area contributed by atoms with E-state index < -0.39 is 0 Å². The van der Waals surface area contributed by atoms with Crippen LogP contribution in [0, 0.1) is 0 Å². The van der Waals surface area contributed by atoms with Gasteiger partial charge in [-0.1, -0.05) is 6.42 Å². The standard InChI is InChI=1S/C11H18N2O3/c14-10-5-2-1-3-6-12(10)9-11(15)13-7-4-8-16-13/h1-9H2. The van der Waals surface area contributed by atoms with Gasteiger partial charge in [0.2, 0.25) is 5.91 Å². The van der Waals surface area contributed by atoms with Crippen molar-refractivity contribution in [3.05, 3.63) is 0 Å². The fourth-order valence-corrected chi connectivity index (χ4v) is 2.09. The molecule has 0 radical (unpaired) electrons. The predicted octanol–water partition coefficient (Wildman–Crippen LogP) is 0.553. The number of rotatable bonds is 2. The van der Waals surface area contributed by atoms with Crippen LogP contribution in [-0.2, 0) is 14.4 Å². The highest BCUT2D eigenvalue weighted by molar-refractivity contribution is 5.84. The maximum atomic E-state index is 11.8. The Balaban J connectivity index is 1.86. The molecular formula is C11H18N2O3. The van der Waals surface area contributed by atoms with E-state index in [2.05, 4.69) is 0 Å². The van der Waals surface area contributed by atoms with E-state index in [-0.39, 0.29) is 18.4 Å². The van der Waals surface area contributed by atoms with Gasteiger partial charge >= 0.3 is 0 Å². The molecule has 0 aromatic carbocycles. The first-order valence-corrected chi connectivity index (χ1v) is 5.98. The van der Waals surface area contributed by atoms with Crippen LogP contribution < -0.4 is 0 Å². The van der Waals surface area contributed by atoms with E-state index in [4.69, 9.17) is 4.84 Å². The fraction of sp³-hybridized carbons (Fsp3) is 0.818. The van der Waals surface area contributed by atoms with Crippen molar-refractivity contribution in [2.24, 2.45) is 0 Å². The maximum absolute atomic E-state index is 11.8. The van der Waals surface area contributed by atoms with Gasteiger partial charge in [-0.05, 0) is 19.3 Å². The Kier molecular flexibility index (Phi) is 3.77. The average Bonchev–Trinajstić information content (AvgIpc) is 2.73. The van der Waals surface area contributed by atoms with Crippen LogP contribution >= 0.6 is 0 Å². The second kappa shape index (κ2) is 5.30. The van der Waals surface area contributed by atoms with Gasteiger partial charge in [0.25, 0.3) is 5.91 Å². The molecule has 2 aliphatic rings. The number of hydrogen-bond acceptors (Lipinski definition) is 3. The summed E-state index contributed by atoms with van der Waals surface area (Å²) in [6.07, 6.45) is 4.49. The first-order chi connectivity index (χ1) is 7.77. The van der Waals surface area contributed by atoms with Gasteiger partial charge in [-0.15, -0.1) is 0 Å². The van der Waals surface area contributed by atoms with E-state index >= 15 is 0 Å². The van der Waals surface area contributed by atoms with Crippen molar-refractivity contribution in [1.29, 1.82) is 0 Å². The highest BCUT2D eigenvalue weighted by Gasteiger charge is 2.24. The third kappa shape index (κ3) is 2.72. The van der Waals surface area contributed by atoms with Crippen LogP contribution in [0.25, 0.3) is 0 Å². The van der Waals surface area contributed by atoms with Crippen LogP contribution in [0.3, 0.4) is 0 Å². The molecule has 5 nitrogen and oxygen atoms in total. The number of likely N-dealkylation sites (tertiary alicyclic amines) is 1. The van der Waals surface area contributed by atoms with Crippen LogP contribution in [0.1, 0.15) is 32.1 Å². The molecule has 0 bridgehead atoms. The minimum Gasteiger partial charge on any atom is -0.333 e. The van der Waals surface area contributed by atoms with Crippen molar-refractivity contribution in [2.75, 3.05) is 26.2 Å². The van der Waals surface area contributed by atoms with Crippen LogP contribution in [0.5, 0.6) is 0 Å². The van der Waals surface area contributed by atoms with Crippen molar-refractivity contribution in [2.45, 2.75) is 32.1 Å². The van der Waals surface area contributed by atoms with Gasteiger partial charge in [-0.25, -0.2) is 5.06 Å². The summed E-state index contributed by atoms with van der Waals surface area (Å²) in [5.74, 6) is 0.0118. The molecule has 2 aliphatic heterocycles. The van der Waals surface area contributed by atoms with E-state index in [1.165, 1.54) is 5.06 Å². The lowest BCUT2D eigenvalue weighted by molar-refractivity contribution is -0.171. The number of carbonyl (C=O) groups is 2. The molecular weight excluding hydrogens is 208 g/mol. The summed E-state index contributed by atoms with van der Waals surface area (Å²) in [5, 5.41) is 1.39. The molecule has 0 N–H and O–H groups in total. The molecule has 2 amide bonds. The molecule has 0 unspecified atom stereocenters. The molecule has 2 rings (SSSR count). The fourth-order valence-electron chi connectivity index (χ4n) is 2.09. The summed E-state index contributed by atoms with van der Waals surface area (Å²) in [6.45, 7) is 2.15. The Hall–Kier alpha value is -1.10. The number of hydrogen-bond donors (Lipinski definition) is 0. The lowest BCUT2D eigenvalue weighted by atomic mass is 10.2. The SMILES string of the molecule is O=C1CCCCCN1CC(=O)N1CCCO1. The molecule has 0 saturated carbocycles. The minimum atomic E-state index is -0.0900. The van der Waals surface area contributed by atoms with Gasteiger partial charge in [-0.3, -0.25) is 14.4 Å². The third-order valence-corrected chi connectivity index (χ3v) is 3.03. The van der Waals surface area contributed by atoms with Crippen LogP contribution in [0.15, 0.2) is 0 Å². The molecule has 2 saturated heterocycles. The van der Waals surface area contributed by atoms with Gasteiger partial charge in [0, 0.05) is 13.0 Å². The van der Waals surface area contributed by atoms with E-state index in [1.54, 1.807) is 4.90 Å². The number of carbonyl (C=O) groups excluding carboxylic acids is 2. The lowest BCUT2D eigenvalue weighted by Crippen LogP contribution is -2.41. The highest BCUT2D eigenvalue weighted by atomic mass is 16.7.